The Balaban J connectivity index is 1.44. The van der Waals surface area contributed by atoms with Crippen LogP contribution in [0.2, 0.25) is 0 Å². The molecule has 28 heavy (non-hydrogen) atoms. The van der Waals surface area contributed by atoms with E-state index in [-0.39, 0.29) is 12.4 Å². The van der Waals surface area contributed by atoms with E-state index in [0.29, 0.717) is 17.7 Å². The maximum Gasteiger partial charge on any atom is 0.407 e. The van der Waals surface area contributed by atoms with Gasteiger partial charge >= 0.3 is 6.09 Å². The number of benzene rings is 3. The predicted molar refractivity (Wildman–Crippen MR) is 110 cm³/mol. The van der Waals surface area contributed by atoms with Gasteiger partial charge in [-0.3, -0.25) is 4.79 Å². The summed E-state index contributed by atoms with van der Waals surface area (Å²) in [6.45, 7) is 0.603. The van der Waals surface area contributed by atoms with Crippen molar-refractivity contribution in [3.8, 4) is 0 Å². The Bertz CT molecular complexity index is 933. The van der Waals surface area contributed by atoms with Crippen LogP contribution >= 0.6 is 0 Å². The zero-order chi connectivity index (χ0) is 19.6. The fraction of sp³-hybridized carbons (Fsp3) is 0.0833. The van der Waals surface area contributed by atoms with Crippen LogP contribution in [0.5, 0.6) is 0 Å². The predicted octanol–water partition coefficient (Wildman–Crippen LogP) is 4.86. The molecule has 1 N–H and O–H groups in total. The van der Waals surface area contributed by atoms with Crippen LogP contribution in [-0.4, -0.2) is 18.4 Å². The van der Waals surface area contributed by atoms with Gasteiger partial charge in [-0.05, 0) is 11.1 Å². The Hall–Kier alpha value is -3.66. The second-order valence-corrected chi connectivity index (χ2v) is 6.16. The first-order chi connectivity index (χ1) is 13.7. The molecule has 0 spiro atoms. The first kappa shape index (κ1) is 19.1. The summed E-state index contributed by atoms with van der Waals surface area (Å²) in [4.78, 5) is 24.1. The Labute approximate surface area is 164 Å². The molecule has 0 aromatic heterocycles. The lowest BCUT2D eigenvalue weighted by Gasteiger charge is -2.05. The summed E-state index contributed by atoms with van der Waals surface area (Å²) in [5, 5.41) is 2.67. The number of rotatable bonds is 7. The minimum absolute atomic E-state index is 0.000965. The molecule has 0 saturated carbocycles. The number of nitrogens with one attached hydrogen (secondary N) is 1. The van der Waals surface area contributed by atoms with Gasteiger partial charge in [0.1, 0.15) is 6.61 Å². The summed E-state index contributed by atoms with van der Waals surface area (Å²) < 4.78 is 5.14. The zero-order valence-corrected chi connectivity index (χ0v) is 15.4. The molecule has 3 aromatic rings. The maximum absolute atomic E-state index is 12.4. The summed E-state index contributed by atoms with van der Waals surface area (Å²) in [5.41, 5.74) is 3.21. The molecule has 1 amide bonds. The number of alkyl carbamates (subject to hydrolysis) is 1. The fourth-order valence-corrected chi connectivity index (χ4v) is 2.61. The quantitative estimate of drug-likeness (QED) is 0.604. The number of hydrogen-bond acceptors (Lipinski definition) is 3. The monoisotopic (exact) mass is 371 g/mol. The van der Waals surface area contributed by atoms with Gasteiger partial charge in [-0.2, -0.15) is 0 Å². The third-order valence-corrected chi connectivity index (χ3v) is 4.10. The highest BCUT2D eigenvalue weighted by Gasteiger charge is 2.07. The van der Waals surface area contributed by atoms with Crippen LogP contribution in [-0.2, 0) is 11.3 Å². The molecule has 0 unspecified atom stereocenters. The number of amides is 1. The van der Waals surface area contributed by atoms with Crippen molar-refractivity contribution < 1.29 is 14.3 Å². The molecule has 0 aliphatic carbocycles. The standard InChI is InChI=1S/C24H21NO3/c26-23(21-11-5-2-6-12-21)22-15-13-19(14-16-22)10-7-17-25-24(27)28-18-20-8-3-1-4-9-20/h1-16H,17-18H2,(H,25,27). The number of ketones is 1. The van der Waals surface area contributed by atoms with E-state index in [9.17, 15) is 9.59 Å². The Morgan fingerprint density at radius 1 is 0.786 bits per heavy atom. The minimum Gasteiger partial charge on any atom is -0.445 e. The van der Waals surface area contributed by atoms with Crippen molar-refractivity contribution in [3.05, 3.63) is 113 Å². The van der Waals surface area contributed by atoms with Crippen molar-refractivity contribution in [2.75, 3.05) is 6.54 Å². The molecule has 0 atom stereocenters. The summed E-state index contributed by atoms with van der Waals surface area (Å²) >= 11 is 0. The molecule has 0 aliphatic rings. The summed E-state index contributed by atoms with van der Waals surface area (Å²) in [7, 11) is 0. The van der Waals surface area contributed by atoms with Gasteiger partial charge in [0.25, 0.3) is 0 Å². The van der Waals surface area contributed by atoms with E-state index < -0.39 is 6.09 Å². The normalized spacial score (nSPS) is 10.6. The first-order valence-corrected chi connectivity index (χ1v) is 9.03. The molecule has 0 aliphatic heterocycles. The van der Waals surface area contributed by atoms with Crippen LogP contribution in [0.4, 0.5) is 4.79 Å². The van der Waals surface area contributed by atoms with Gasteiger partial charge in [-0.15, -0.1) is 0 Å². The third-order valence-electron chi connectivity index (χ3n) is 4.10. The van der Waals surface area contributed by atoms with Crippen molar-refractivity contribution >= 4 is 18.0 Å². The maximum atomic E-state index is 12.4. The topological polar surface area (TPSA) is 55.4 Å². The molecule has 4 heteroatoms. The highest BCUT2D eigenvalue weighted by Crippen LogP contribution is 2.12. The molecule has 0 fully saturated rings. The van der Waals surface area contributed by atoms with Gasteiger partial charge in [-0.25, -0.2) is 4.79 Å². The number of ether oxygens (including phenoxy) is 1. The lowest BCUT2D eigenvalue weighted by Crippen LogP contribution is -2.24. The zero-order valence-electron chi connectivity index (χ0n) is 15.4. The van der Waals surface area contributed by atoms with Crippen molar-refractivity contribution in [2.45, 2.75) is 6.61 Å². The van der Waals surface area contributed by atoms with Crippen molar-refractivity contribution in [2.24, 2.45) is 0 Å². The van der Waals surface area contributed by atoms with E-state index in [0.717, 1.165) is 11.1 Å². The van der Waals surface area contributed by atoms with E-state index in [2.05, 4.69) is 5.32 Å². The highest BCUT2D eigenvalue weighted by atomic mass is 16.5. The van der Waals surface area contributed by atoms with Crippen LogP contribution in [0.3, 0.4) is 0 Å². The molecule has 0 radical (unpaired) electrons. The Kier molecular flexibility index (Phi) is 6.74. The molecule has 3 rings (SSSR count). The lowest BCUT2D eigenvalue weighted by atomic mass is 10.0. The summed E-state index contributed by atoms with van der Waals surface area (Å²) in [5.74, 6) is -0.000965. The largest absolute Gasteiger partial charge is 0.445 e. The van der Waals surface area contributed by atoms with E-state index in [1.807, 2.05) is 72.8 Å². The van der Waals surface area contributed by atoms with Gasteiger partial charge < -0.3 is 10.1 Å². The second-order valence-electron chi connectivity index (χ2n) is 6.16. The van der Waals surface area contributed by atoms with Crippen LogP contribution in [0.1, 0.15) is 27.0 Å². The van der Waals surface area contributed by atoms with Crippen molar-refractivity contribution in [1.82, 2.24) is 5.32 Å². The van der Waals surface area contributed by atoms with Gasteiger partial charge in [-0.1, -0.05) is 97.1 Å². The smallest absolute Gasteiger partial charge is 0.407 e. The van der Waals surface area contributed by atoms with Crippen LogP contribution in [0.15, 0.2) is 91.0 Å². The lowest BCUT2D eigenvalue weighted by molar-refractivity contribution is 0.103. The third kappa shape index (κ3) is 5.68. The van der Waals surface area contributed by atoms with Crippen molar-refractivity contribution in [3.63, 3.8) is 0 Å². The molecule has 0 heterocycles. The first-order valence-electron chi connectivity index (χ1n) is 9.03. The molecule has 4 nitrogen and oxygen atoms in total. The molecular formula is C24H21NO3. The molecular weight excluding hydrogens is 350 g/mol. The highest BCUT2D eigenvalue weighted by molar-refractivity contribution is 6.09. The minimum atomic E-state index is -0.461. The van der Waals surface area contributed by atoms with Crippen LogP contribution in [0, 0.1) is 0 Å². The van der Waals surface area contributed by atoms with E-state index >= 15 is 0 Å². The van der Waals surface area contributed by atoms with E-state index in [1.165, 1.54) is 0 Å². The number of carbonyl (C=O) groups is 2. The van der Waals surface area contributed by atoms with Gasteiger partial charge in [0, 0.05) is 17.7 Å². The summed E-state index contributed by atoms with van der Waals surface area (Å²) in [6, 6.07) is 26.1. The summed E-state index contributed by atoms with van der Waals surface area (Å²) in [6.07, 6.45) is 3.25. The average molecular weight is 371 g/mol. The van der Waals surface area contributed by atoms with Crippen LogP contribution < -0.4 is 5.32 Å². The Morgan fingerprint density at radius 2 is 1.39 bits per heavy atom. The fourth-order valence-electron chi connectivity index (χ4n) is 2.61. The Morgan fingerprint density at radius 3 is 2.07 bits per heavy atom. The number of hydrogen-bond donors (Lipinski definition) is 1. The van der Waals surface area contributed by atoms with Gasteiger partial charge in [0.05, 0.1) is 0 Å². The number of carbonyl (C=O) groups excluding carboxylic acids is 2. The van der Waals surface area contributed by atoms with Gasteiger partial charge in [0.15, 0.2) is 5.78 Å². The average Bonchev–Trinajstić information content (AvgIpc) is 2.76. The SMILES string of the molecule is O=C(NCC=Cc1ccc(C(=O)c2ccccc2)cc1)OCc1ccccc1. The van der Waals surface area contributed by atoms with Gasteiger partial charge in [0.2, 0.25) is 0 Å². The van der Waals surface area contributed by atoms with Crippen molar-refractivity contribution in [1.29, 1.82) is 0 Å². The molecule has 140 valence electrons. The van der Waals surface area contributed by atoms with Crippen LogP contribution in [0.25, 0.3) is 6.08 Å². The molecule has 3 aromatic carbocycles. The van der Waals surface area contributed by atoms with E-state index in [4.69, 9.17) is 4.74 Å². The molecule has 0 bridgehead atoms. The second kappa shape index (κ2) is 9.88. The van der Waals surface area contributed by atoms with E-state index in [1.54, 1.807) is 24.3 Å². The molecule has 0 saturated heterocycles.